The molecule has 0 unspecified atom stereocenters. The third-order valence-corrected chi connectivity index (χ3v) is 4.75. The van der Waals surface area contributed by atoms with Gasteiger partial charge in [0.2, 0.25) is 0 Å². The van der Waals surface area contributed by atoms with Crippen molar-refractivity contribution in [3.8, 4) is 11.5 Å². The molecular weight excluding hydrogens is 332 g/mol. The van der Waals surface area contributed by atoms with E-state index in [2.05, 4.69) is 9.80 Å². The molecule has 2 heterocycles. The lowest BCUT2D eigenvalue weighted by molar-refractivity contribution is -0.0682. The fourth-order valence-electron chi connectivity index (χ4n) is 3.42. The number of methoxy groups -OCH3 is 2. The molecule has 0 N–H and O–H groups in total. The molecular formula is C17H25ClN2O4. The summed E-state index contributed by atoms with van der Waals surface area (Å²) < 4.78 is 22.2. The zero-order chi connectivity index (χ0) is 16.9. The minimum absolute atomic E-state index is 0.0698. The van der Waals surface area contributed by atoms with Crippen molar-refractivity contribution in [1.29, 1.82) is 0 Å². The van der Waals surface area contributed by atoms with Gasteiger partial charge in [-0.05, 0) is 6.07 Å². The van der Waals surface area contributed by atoms with Gasteiger partial charge >= 0.3 is 0 Å². The van der Waals surface area contributed by atoms with Crippen molar-refractivity contribution < 1.29 is 18.9 Å². The van der Waals surface area contributed by atoms with E-state index in [9.17, 15) is 0 Å². The van der Waals surface area contributed by atoms with Crippen molar-refractivity contribution in [2.24, 2.45) is 0 Å². The van der Waals surface area contributed by atoms with Gasteiger partial charge in [0, 0.05) is 42.8 Å². The van der Waals surface area contributed by atoms with Crippen molar-refractivity contribution in [3.63, 3.8) is 0 Å². The number of morpholine rings is 2. The molecule has 24 heavy (non-hydrogen) atoms. The van der Waals surface area contributed by atoms with Crippen LogP contribution in [0.1, 0.15) is 11.7 Å². The molecule has 2 aliphatic heterocycles. The predicted octanol–water partition coefficient (Wildman–Crippen LogP) is 2.02. The Morgan fingerprint density at radius 1 is 0.917 bits per heavy atom. The van der Waals surface area contributed by atoms with Gasteiger partial charge in [0.15, 0.2) is 11.5 Å². The molecule has 1 aromatic rings. The number of benzene rings is 1. The zero-order valence-electron chi connectivity index (χ0n) is 14.3. The fourth-order valence-corrected chi connectivity index (χ4v) is 3.64. The first-order valence-electron chi connectivity index (χ1n) is 8.29. The molecule has 1 aromatic carbocycles. The van der Waals surface area contributed by atoms with Crippen molar-refractivity contribution in [3.05, 3.63) is 22.7 Å². The van der Waals surface area contributed by atoms with Gasteiger partial charge in [-0.25, -0.2) is 0 Å². The van der Waals surface area contributed by atoms with E-state index in [-0.39, 0.29) is 6.17 Å². The molecule has 2 aliphatic rings. The van der Waals surface area contributed by atoms with Crippen LogP contribution in [-0.2, 0) is 9.47 Å². The van der Waals surface area contributed by atoms with Gasteiger partial charge in [-0.2, -0.15) is 0 Å². The normalized spacial score (nSPS) is 20.3. The summed E-state index contributed by atoms with van der Waals surface area (Å²) in [5, 5.41) is 0.647. The smallest absolute Gasteiger partial charge is 0.166 e. The maximum Gasteiger partial charge on any atom is 0.166 e. The number of hydrogen-bond donors (Lipinski definition) is 0. The van der Waals surface area contributed by atoms with E-state index in [1.165, 1.54) is 0 Å². The summed E-state index contributed by atoms with van der Waals surface area (Å²) >= 11 is 6.36. The van der Waals surface area contributed by atoms with Gasteiger partial charge in [-0.3, -0.25) is 9.80 Å². The third kappa shape index (κ3) is 3.78. The summed E-state index contributed by atoms with van der Waals surface area (Å²) in [5.74, 6) is 1.40. The van der Waals surface area contributed by atoms with Crippen LogP contribution >= 0.6 is 11.6 Å². The Hall–Kier alpha value is -1.05. The Morgan fingerprint density at radius 2 is 1.46 bits per heavy atom. The average Bonchev–Trinajstić information content (AvgIpc) is 2.63. The Bertz CT molecular complexity index is 528. The summed E-state index contributed by atoms with van der Waals surface area (Å²) in [6.45, 7) is 6.45. The first-order valence-corrected chi connectivity index (χ1v) is 8.67. The van der Waals surface area contributed by atoms with Gasteiger partial charge in [0.1, 0.15) is 0 Å². The molecule has 0 saturated carbocycles. The maximum atomic E-state index is 6.36. The van der Waals surface area contributed by atoms with Crippen molar-refractivity contribution >= 4 is 11.6 Å². The molecule has 0 spiro atoms. The Balaban J connectivity index is 2.01. The Labute approximate surface area is 148 Å². The molecule has 0 amide bonds. The molecule has 6 nitrogen and oxygen atoms in total. The van der Waals surface area contributed by atoms with Crippen LogP contribution in [0.5, 0.6) is 11.5 Å². The van der Waals surface area contributed by atoms with E-state index in [1.54, 1.807) is 20.3 Å². The summed E-state index contributed by atoms with van der Waals surface area (Å²) in [5.41, 5.74) is 1.03. The Morgan fingerprint density at radius 3 is 1.92 bits per heavy atom. The molecule has 2 fully saturated rings. The molecule has 3 rings (SSSR count). The number of hydrogen-bond acceptors (Lipinski definition) is 6. The fraction of sp³-hybridized carbons (Fsp3) is 0.647. The predicted molar refractivity (Wildman–Crippen MR) is 92.1 cm³/mol. The topological polar surface area (TPSA) is 43.4 Å². The number of halogens is 1. The summed E-state index contributed by atoms with van der Waals surface area (Å²) in [6, 6.07) is 3.78. The monoisotopic (exact) mass is 356 g/mol. The molecule has 0 aromatic heterocycles. The van der Waals surface area contributed by atoms with Gasteiger partial charge < -0.3 is 18.9 Å². The van der Waals surface area contributed by atoms with Gasteiger partial charge in [-0.1, -0.05) is 11.6 Å². The molecule has 0 radical (unpaired) electrons. The largest absolute Gasteiger partial charge is 0.493 e. The van der Waals surface area contributed by atoms with Gasteiger partial charge in [0.25, 0.3) is 0 Å². The quantitative estimate of drug-likeness (QED) is 0.804. The maximum absolute atomic E-state index is 6.36. The number of rotatable bonds is 5. The average molecular weight is 357 g/mol. The second-order valence-electron chi connectivity index (χ2n) is 5.90. The van der Waals surface area contributed by atoms with Crippen molar-refractivity contribution in [2.75, 3.05) is 66.8 Å². The van der Waals surface area contributed by atoms with Crippen LogP contribution in [0.25, 0.3) is 0 Å². The van der Waals surface area contributed by atoms with E-state index in [0.29, 0.717) is 10.8 Å². The second-order valence-corrected chi connectivity index (χ2v) is 6.34. The van der Waals surface area contributed by atoms with E-state index in [0.717, 1.165) is 63.9 Å². The molecule has 2 saturated heterocycles. The highest BCUT2D eigenvalue weighted by atomic mass is 35.5. The van der Waals surface area contributed by atoms with Crippen LogP contribution < -0.4 is 9.47 Å². The highest BCUT2D eigenvalue weighted by Gasteiger charge is 2.33. The highest BCUT2D eigenvalue weighted by Crippen LogP contribution is 2.41. The lowest BCUT2D eigenvalue weighted by atomic mass is 10.1. The Kier molecular flexibility index (Phi) is 6.19. The molecule has 0 aliphatic carbocycles. The van der Waals surface area contributed by atoms with Gasteiger partial charge in [0.05, 0.1) is 46.8 Å². The third-order valence-electron chi connectivity index (χ3n) is 4.53. The lowest BCUT2D eigenvalue weighted by Gasteiger charge is -2.43. The zero-order valence-corrected chi connectivity index (χ0v) is 15.1. The second kappa shape index (κ2) is 8.36. The van der Waals surface area contributed by atoms with Crippen molar-refractivity contribution in [2.45, 2.75) is 6.17 Å². The minimum atomic E-state index is 0.0698. The van der Waals surface area contributed by atoms with Crippen molar-refractivity contribution in [1.82, 2.24) is 9.80 Å². The molecule has 7 heteroatoms. The van der Waals surface area contributed by atoms with Crippen LogP contribution in [0.15, 0.2) is 12.1 Å². The summed E-state index contributed by atoms with van der Waals surface area (Å²) in [4.78, 5) is 4.84. The number of ether oxygens (including phenoxy) is 4. The van der Waals surface area contributed by atoms with E-state index >= 15 is 0 Å². The summed E-state index contributed by atoms with van der Waals surface area (Å²) in [7, 11) is 3.31. The van der Waals surface area contributed by atoms with Crippen LogP contribution in [0.2, 0.25) is 5.02 Å². The SMILES string of the molecule is COc1cc(Cl)cc(C(N2CCOCC2)N2CCOCC2)c1OC. The van der Waals surface area contributed by atoms with Crippen LogP contribution in [0.4, 0.5) is 0 Å². The van der Waals surface area contributed by atoms with E-state index in [4.69, 9.17) is 30.5 Å². The highest BCUT2D eigenvalue weighted by molar-refractivity contribution is 6.30. The first kappa shape index (κ1) is 17.8. The lowest BCUT2D eigenvalue weighted by Crippen LogP contribution is -2.50. The van der Waals surface area contributed by atoms with Crippen LogP contribution in [0, 0.1) is 0 Å². The van der Waals surface area contributed by atoms with E-state index in [1.807, 2.05) is 6.07 Å². The summed E-state index contributed by atoms with van der Waals surface area (Å²) in [6.07, 6.45) is 0.0698. The first-order chi connectivity index (χ1) is 11.7. The minimum Gasteiger partial charge on any atom is -0.493 e. The molecule has 134 valence electrons. The molecule has 0 bridgehead atoms. The van der Waals surface area contributed by atoms with Crippen LogP contribution in [0.3, 0.4) is 0 Å². The number of nitrogens with zero attached hydrogens (tertiary/aromatic N) is 2. The molecule has 0 atom stereocenters. The van der Waals surface area contributed by atoms with Crippen LogP contribution in [-0.4, -0.2) is 76.6 Å². The van der Waals surface area contributed by atoms with Gasteiger partial charge in [-0.15, -0.1) is 0 Å². The van der Waals surface area contributed by atoms with E-state index < -0.39 is 0 Å². The standard InChI is InChI=1S/C17H25ClN2O4/c1-21-15-12-13(18)11-14(16(15)22-2)17(19-3-7-23-8-4-19)20-5-9-24-10-6-20/h11-12,17H,3-10H2,1-2H3.